The number of nitrogens with one attached hydrogen (secondary N) is 4. The van der Waals surface area contributed by atoms with Gasteiger partial charge in [0.25, 0.3) is 0 Å². The van der Waals surface area contributed by atoms with Crippen LogP contribution in [0.5, 0.6) is 5.75 Å². The Bertz CT molecular complexity index is 2210. The summed E-state index contributed by atoms with van der Waals surface area (Å²) in [7, 11) is -0.843. The number of ether oxygens (including phenoxy) is 1. The number of hydrogen-bond donors (Lipinski definition) is 4. The molecular formula is C46H59ClN9O4P. The third-order valence-electron chi connectivity index (χ3n) is 13.0. The van der Waals surface area contributed by atoms with Crippen LogP contribution in [0.1, 0.15) is 62.8 Å². The van der Waals surface area contributed by atoms with Crippen LogP contribution in [-0.4, -0.2) is 110 Å². The van der Waals surface area contributed by atoms with Gasteiger partial charge >= 0.3 is 0 Å². The molecule has 15 heteroatoms. The summed E-state index contributed by atoms with van der Waals surface area (Å²) >= 11 is 6.50. The molecule has 0 radical (unpaired) electrons. The van der Waals surface area contributed by atoms with Crippen molar-refractivity contribution in [3.8, 4) is 5.75 Å². The number of nitrogens with zero attached hydrogens (tertiary/aromatic N) is 5. The highest BCUT2D eigenvalue weighted by molar-refractivity contribution is 7.70. The van der Waals surface area contributed by atoms with Crippen LogP contribution < -0.4 is 36.2 Å². The first-order valence-corrected chi connectivity index (χ1v) is 24.8. The molecule has 4 N–H and O–H groups in total. The molecule has 0 saturated carbocycles. The number of hydrogen-bond acceptors (Lipinski definition) is 12. The lowest BCUT2D eigenvalue weighted by Gasteiger charge is -2.43. The zero-order chi connectivity index (χ0) is 42.5. The maximum Gasteiger partial charge on any atom is 0.249 e. The van der Waals surface area contributed by atoms with Gasteiger partial charge < -0.3 is 40.0 Å². The van der Waals surface area contributed by atoms with Gasteiger partial charge in [-0.25, -0.2) is 4.98 Å². The largest absolute Gasteiger partial charge is 0.495 e. The van der Waals surface area contributed by atoms with Gasteiger partial charge in [-0.1, -0.05) is 29.8 Å². The highest BCUT2D eigenvalue weighted by Gasteiger charge is 2.31. The number of methoxy groups -OCH3 is 1. The molecule has 1 aromatic heterocycles. The second kappa shape index (κ2) is 19.2. The number of piperidine rings is 4. The molecule has 0 aliphatic carbocycles. The minimum atomic E-state index is -2.53. The molecule has 0 spiro atoms. The molecule has 324 valence electrons. The number of anilines is 6. The van der Waals surface area contributed by atoms with Crippen LogP contribution in [0.2, 0.25) is 5.02 Å². The molecule has 61 heavy (non-hydrogen) atoms. The number of amides is 2. The van der Waals surface area contributed by atoms with Gasteiger partial charge in [0, 0.05) is 48.8 Å². The fourth-order valence-corrected chi connectivity index (χ4v) is 10.8. The van der Waals surface area contributed by atoms with Crippen LogP contribution >= 0.6 is 18.7 Å². The standard InChI is InChI=1S/C46H59ClN9O4P/c1-60-41-28-33(8-13-38(41)51-46-48-29-37(47)44(53-46)50-39-6-4-5-7-42(39)61(2,3)59)32-18-26-56(27-19-32)36-20-22-54(23-21-36)30-31-16-24-55(25-17-31)35-11-9-34(10-12-35)49-40-14-15-43(57)52-45(40)58/h4-13,28-29,31-32,36,40,49H,14-27,30H2,1-3H3,(H,52,57,58)(H2,48,50,51,53). The van der Waals surface area contributed by atoms with Crippen molar-refractivity contribution < 1.29 is 18.9 Å². The lowest BCUT2D eigenvalue weighted by atomic mass is 9.87. The Balaban J connectivity index is 0.768. The molecule has 1 unspecified atom stereocenters. The van der Waals surface area contributed by atoms with Crippen LogP contribution in [0.25, 0.3) is 0 Å². The number of benzene rings is 3. The van der Waals surface area contributed by atoms with E-state index in [0.717, 1.165) is 67.4 Å². The number of carbonyl (C=O) groups excluding carboxylic acids is 2. The average molecular weight is 868 g/mol. The van der Waals surface area contributed by atoms with Crippen molar-refractivity contribution in [2.45, 2.75) is 69.4 Å². The lowest BCUT2D eigenvalue weighted by Crippen LogP contribution is -2.48. The predicted octanol–water partition coefficient (Wildman–Crippen LogP) is 7.65. The van der Waals surface area contributed by atoms with Gasteiger partial charge in [0.1, 0.15) is 24.0 Å². The molecule has 4 aliphatic rings. The summed E-state index contributed by atoms with van der Waals surface area (Å²) in [5.74, 6) is 2.31. The number of halogens is 1. The highest BCUT2D eigenvalue weighted by atomic mass is 35.5. The Hall–Kier alpha value is -4.68. The summed E-state index contributed by atoms with van der Waals surface area (Å²) in [6.45, 7) is 11.4. The second-order valence-corrected chi connectivity index (χ2v) is 21.0. The van der Waals surface area contributed by atoms with E-state index < -0.39 is 7.14 Å². The number of rotatable bonds is 13. The van der Waals surface area contributed by atoms with E-state index in [1.807, 2.05) is 42.5 Å². The molecule has 4 aromatic rings. The summed E-state index contributed by atoms with van der Waals surface area (Å²) in [6.07, 6.45) is 9.61. The van der Waals surface area contributed by atoms with Gasteiger partial charge in [0.05, 0.1) is 24.7 Å². The molecule has 1 atom stereocenters. The number of aromatic nitrogens is 2. The van der Waals surface area contributed by atoms with Crippen LogP contribution in [0.15, 0.2) is 72.9 Å². The third-order valence-corrected chi connectivity index (χ3v) is 14.8. The van der Waals surface area contributed by atoms with Crippen molar-refractivity contribution in [1.29, 1.82) is 0 Å². The summed E-state index contributed by atoms with van der Waals surface area (Å²) in [6, 6.07) is 22.6. The van der Waals surface area contributed by atoms with E-state index in [1.165, 1.54) is 56.6 Å². The minimum absolute atomic E-state index is 0.195. The van der Waals surface area contributed by atoms with Crippen molar-refractivity contribution in [3.05, 3.63) is 83.5 Å². The number of likely N-dealkylation sites (tertiary alicyclic amines) is 2. The fraction of sp³-hybridized carbons (Fsp3) is 0.478. The second-order valence-electron chi connectivity index (χ2n) is 17.4. The van der Waals surface area contributed by atoms with Gasteiger partial charge in [-0.3, -0.25) is 14.9 Å². The topological polar surface area (TPSA) is 144 Å². The van der Waals surface area contributed by atoms with E-state index in [4.69, 9.17) is 16.3 Å². The zero-order valence-electron chi connectivity index (χ0n) is 35.5. The summed E-state index contributed by atoms with van der Waals surface area (Å²) in [5.41, 5.74) is 4.90. The van der Waals surface area contributed by atoms with E-state index in [2.05, 4.69) is 70.2 Å². The van der Waals surface area contributed by atoms with Gasteiger partial charge in [0.2, 0.25) is 17.8 Å². The Kier molecular flexibility index (Phi) is 13.5. The maximum atomic E-state index is 12.9. The molecule has 4 saturated heterocycles. The molecular weight excluding hydrogens is 809 g/mol. The fourth-order valence-electron chi connectivity index (χ4n) is 9.48. The Morgan fingerprint density at radius 3 is 2.30 bits per heavy atom. The first-order valence-electron chi connectivity index (χ1n) is 21.8. The van der Waals surface area contributed by atoms with Gasteiger partial charge in [-0.05, 0) is 150 Å². The van der Waals surface area contributed by atoms with E-state index in [1.54, 1.807) is 26.6 Å². The van der Waals surface area contributed by atoms with Crippen molar-refractivity contribution in [1.82, 2.24) is 25.1 Å². The summed E-state index contributed by atoms with van der Waals surface area (Å²) in [5, 5.41) is 13.4. The molecule has 4 aliphatic heterocycles. The van der Waals surface area contributed by atoms with E-state index >= 15 is 0 Å². The Labute approximate surface area is 364 Å². The molecule has 13 nitrogen and oxygen atoms in total. The highest BCUT2D eigenvalue weighted by Crippen LogP contribution is 2.40. The normalized spacial score (nSPS) is 20.3. The SMILES string of the molecule is COc1cc(C2CCN(C3CCN(CC4CCN(c5ccc(NC6CCC(=O)NC6=O)cc5)CC4)CC3)CC2)ccc1Nc1ncc(Cl)c(Nc2ccccc2P(C)(C)=O)n1. The molecule has 2 amide bonds. The average Bonchev–Trinajstić information content (AvgIpc) is 3.27. The predicted molar refractivity (Wildman–Crippen MR) is 246 cm³/mol. The van der Waals surface area contributed by atoms with Gasteiger partial charge in [-0.2, -0.15) is 4.98 Å². The van der Waals surface area contributed by atoms with E-state index in [-0.39, 0.29) is 17.9 Å². The van der Waals surface area contributed by atoms with Crippen molar-refractivity contribution in [2.24, 2.45) is 5.92 Å². The van der Waals surface area contributed by atoms with E-state index in [9.17, 15) is 14.2 Å². The number of para-hydroxylation sites is 1. The quantitative estimate of drug-likeness (QED) is 0.0775. The number of imide groups is 1. The van der Waals surface area contributed by atoms with Crippen molar-refractivity contribution in [2.75, 3.05) is 87.1 Å². The van der Waals surface area contributed by atoms with E-state index in [0.29, 0.717) is 47.3 Å². The molecule has 8 rings (SSSR count). The molecule has 4 fully saturated rings. The van der Waals surface area contributed by atoms with Crippen molar-refractivity contribution in [3.63, 3.8) is 0 Å². The number of carbonyl (C=O) groups is 2. The monoisotopic (exact) mass is 867 g/mol. The third kappa shape index (κ3) is 10.7. The van der Waals surface area contributed by atoms with Crippen LogP contribution in [0.4, 0.5) is 34.5 Å². The van der Waals surface area contributed by atoms with Gasteiger partial charge in [-0.15, -0.1) is 0 Å². The minimum Gasteiger partial charge on any atom is -0.495 e. The van der Waals surface area contributed by atoms with Crippen LogP contribution in [0.3, 0.4) is 0 Å². The summed E-state index contributed by atoms with van der Waals surface area (Å²) < 4.78 is 18.8. The molecule has 5 heterocycles. The molecule has 3 aromatic carbocycles. The maximum absolute atomic E-state index is 12.9. The Morgan fingerprint density at radius 1 is 0.852 bits per heavy atom. The van der Waals surface area contributed by atoms with Gasteiger partial charge in [0.15, 0.2) is 5.82 Å². The Morgan fingerprint density at radius 2 is 1.59 bits per heavy atom. The lowest BCUT2D eigenvalue weighted by molar-refractivity contribution is -0.133. The first-order chi connectivity index (χ1) is 29.5. The first kappa shape index (κ1) is 43.0. The van der Waals surface area contributed by atoms with Crippen molar-refractivity contribution >= 4 is 70.4 Å². The molecule has 0 bridgehead atoms. The van der Waals surface area contributed by atoms with Crippen LogP contribution in [0, 0.1) is 5.92 Å². The zero-order valence-corrected chi connectivity index (χ0v) is 37.2. The van der Waals surface area contributed by atoms with Crippen LogP contribution in [-0.2, 0) is 14.2 Å². The summed E-state index contributed by atoms with van der Waals surface area (Å²) in [4.78, 5) is 40.6. The smallest absolute Gasteiger partial charge is 0.249 e.